The first kappa shape index (κ1) is 30.4. The number of phenols is 1. The summed E-state index contributed by atoms with van der Waals surface area (Å²) < 4.78 is 0. The SMILES string of the molecule is CCC[C@H]1CN(CC(=O)c2cc(C(C)(C)C)c(O)c(C(C)(C)C)c2)C(=NC)[C@@H]1Cc1ccc(NC(C)=O)cc1. The fraction of sp³-hybridized carbons (Fsp3) is 0.545. The molecular weight excluding hydrogens is 486 g/mol. The topological polar surface area (TPSA) is 82.0 Å². The van der Waals surface area contributed by atoms with Gasteiger partial charge in [-0.1, -0.05) is 67.0 Å². The Morgan fingerprint density at radius 1 is 1.03 bits per heavy atom. The zero-order valence-corrected chi connectivity index (χ0v) is 25.3. The van der Waals surface area contributed by atoms with Gasteiger partial charge in [0, 0.05) is 48.8 Å². The molecule has 0 radical (unpaired) electrons. The predicted molar refractivity (Wildman–Crippen MR) is 161 cm³/mol. The highest BCUT2D eigenvalue weighted by molar-refractivity contribution is 6.01. The zero-order chi connectivity index (χ0) is 29.1. The number of aliphatic imine (C=N–C) groups is 1. The summed E-state index contributed by atoms with van der Waals surface area (Å²) in [6.07, 6.45) is 2.98. The van der Waals surface area contributed by atoms with E-state index in [1.165, 1.54) is 12.5 Å². The summed E-state index contributed by atoms with van der Waals surface area (Å²) in [5, 5.41) is 13.9. The van der Waals surface area contributed by atoms with E-state index in [2.05, 4.69) is 70.8 Å². The first-order valence-electron chi connectivity index (χ1n) is 14.1. The van der Waals surface area contributed by atoms with Crippen molar-refractivity contribution in [2.45, 2.75) is 85.5 Å². The number of anilines is 1. The Labute approximate surface area is 234 Å². The number of nitrogens with one attached hydrogen (secondary N) is 1. The number of hydrogen-bond acceptors (Lipinski definition) is 4. The second-order valence-electron chi connectivity index (χ2n) is 13.0. The molecule has 0 spiro atoms. The number of aromatic hydroxyl groups is 1. The third-order valence-corrected chi connectivity index (χ3v) is 7.68. The van der Waals surface area contributed by atoms with Crippen molar-refractivity contribution in [3.05, 3.63) is 58.7 Å². The number of phenolic OH excluding ortho intramolecular Hbond substituents is 1. The molecule has 1 heterocycles. The third-order valence-electron chi connectivity index (χ3n) is 7.68. The van der Waals surface area contributed by atoms with Crippen LogP contribution in [-0.2, 0) is 22.0 Å². The van der Waals surface area contributed by atoms with E-state index in [1.807, 2.05) is 31.3 Å². The fourth-order valence-corrected chi connectivity index (χ4v) is 5.71. The number of Topliss-reactive ketones (excluding diaryl/α,β-unsaturated/α-hetero) is 1. The lowest BCUT2D eigenvalue weighted by molar-refractivity contribution is -0.114. The Hall–Kier alpha value is -3.15. The van der Waals surface area contributed by atoms with E-state index in [-0.39, 0.29) is 40.7 Å². The number of rotatable bonds is 8. The van der Waals surface area contributed by atoms with Gasteiger partial charge in [-0.25, -0.2) is 0 Å². The first-order chi connectivity index (χ1) is 18.1. The third kappa shape index (κ3) is 7.28. The molecule has 1 amide bonds. The van der Waals surface area contributed by atoms with Crippen molar-refractivity contribution < 1.29 is 14.7 Å². The largest absolute Gasteiger partial charge is 0.507 e. The van der Waals surface area contributed by atoms with Crippen molar-refractivity contribution in [3.63, 3.8) is 0 Å². The Balaban J connectivity index is 1.88. The van der Waals surface area contributed by atoms with Gasteiger partial charge >= 0.3 is 0 Å². The van der Waals surface area contributed by atoms with Crippen molar-refractivity contribution in [2.24, 2.45) is 16.8 Å². The van der Waals surface area contributed by atoms with Gasteiger partial charge in [0.1, 0.15) is 11.6 Å². The molecule has 0 aliphatic carbocycles. The molecule has 6 heteroatoms. The number of nitrogens with zero attached hydrogens (tertiary/aromatic N) is 2. The maximum absolute atomic E-state index is 13.8. The van der Waals surface area contributed by atoms with E-state index in [0.717, 1.165) is 48.5 Å². The number of amides is 1. The lowest BCUT2D eigenvalue weighted by Crippen LogP contribution is -2.33. The van der Waals surface area contributed by atoms with Gasteiger partial charge in [0.2, 0.25) is 5.91 Å². The van der Waals surface area contributed by atoms with Crippen LogP contribution in [-0.4, -0.2) is 47.7 Å². The average molecular weight is 534 g/mol. The highest BCUT2D eigenvalue weighted by Crippen LogP contribution is 2.40. The normalized spacial score (nSPS) is 19.0. The van der Waals surface area contributed by atoms with Crippen molar-refractivity contribution in [1.29, 1.82) is 0 Å². The molecule has 212 valence electrons. The van der Waals surface area contributed by atoms with Crippen molar-refractivity contribution in [3.8, 4) is 5.75 Å². The molecule has 2 atom stereocenters. The van der Waals surface area contributed by atoms with E-state index in [1.54, 1.807) is 0 Å². The summed E-state index contributed by atoms with van der Waals surface area (Å²) in [6, 6.07) is 11.8. The predicted octanol–water partition coefficient (Wildman–Crippen LogP) is 6.75. The van der Waals surface area contributed by atoms with Gasteiger partial charge in [-0.15, -0.1) is 0 Å². The van der Waals surface area contributed by atoms with Crippen LogP contribution >= 0.6 is 0 Å². The van der Waals surface area contributed by atoms with Gasteiger partial charge in [0.15, 0.2) is 5.78 Å². The number of hydrogen-bond donors (Lipinski definition) is 2. The molecule has 0 aromatic heterocycles. The number of amidine groups is 1. The quantitative estimate of drug-likeness (QED) is 0.368. The van der Waals surface area contributed by atoms with Gasteiger partial charge < -0.3 is 15.3 Å². The molecule has 2 aromatic carbocycles. The summed E-state index contributed by atoms with van der Waals surface area (Å²) >= 11 is 0. The molecule has 6 nitrogen and oxygen atoms in total. The average Bonchev–Trinajstić information content (AvgIpc) is 3.14. The van der Waals surface area contributed by atoms with Gasteiger partial charge in [0.25, 0.3) is 0 Å². The standard InChI is InChI=1S/C33H47N3O3/c1-10-11-23-19-36(31(34-9)26(23)16-22-12-14-25(15-13-22)35-21(2)37)20-29(38)24-17-27(32(3,4)5)30(39)28(18-24)33(6,7)8/h12-15,17-18,23,26,39H,10-11,16,19-20H2,1-9H3,(H,35,37)/t23-,26+/m0/s1. The van der Waals surface area contributed by atoms with Gasteiger partial charge in [-0.05, 0) is 59.4 Å². The van der Waals surface area contributed by atoms with Crippen LogP contribution in [0, 0.1) is 11.8 Å². The lowest BCUT2D eigenvalue weighted by atomic mass is 9.78. The highest BCUT2D eigenvalue weighted by atomic mass is 16.3. The second kappa shape index (κ2) is 11.9. The Morgan fingerprint density at radius 2 is 1.59 bits per heavy atom. The van der Waals surface area contributed by atoms with Crippen LogP contribution in [0.3, 0.4) is 0 Å². The first-order valence-corrected chi connectivity index (χ1v) is 14.1. The second-order valence-corrected chi connectivity index (χ2v) is 13.0. The highest BCUT2D eigenvalue weighted by Gasteiger charge is 2.38. The molecule has 2 N–H and O–H groups in total. The van der Waals surface area contributed by atoms with Crippen LogP contribution in [0.2, 0.25) is 0 Å². The van der Waals surface area contributed by atoms with E-state index in [9.17, 15) is 14.7 Å². The molecule has 1 fully saturated rings. The minimum atomic E-state index is -0.295. The van der Waals surface area contributed by atoms with Crippen LogP contribution in [0.4, 0.5) is 5.69 Å². The number of carbonyl (C=O) groups is 2. The summed E-state index contributed by atoms with van der Waals surface area (Å²) in [4.78, 5) is 32.0. The van der Waals surface area contributed by atoms with E-state index >= 15 is 0 Å². The number of ketones is 1. The lowest BCUT2D eigenvalue weighted by Gasteiger charge is -2.28. The number of benzene rings is 2. The minimum Gasteiger partial charge on any atom is -0.507 e. The summed E-state index contributed by atoms with van der Waals surface area (Å²) in [6.45, 7) is 17.2. The summed E-state index contributed by atoms with van der Waals surface area (Å²) in [5.74, 6) is 1.87. The maximum atomic E-state index is 13.8. The van der Waals surface area contributed by atoms with Crippen LogP contribution in [0.1, 0.15) is 95.3 Å². The molecule has 39 heavy (non-hydrogen) atoms. The van der Waals surface area contributed by atoms with Crippen LogP contribution < -0.4 is 5.32 Å². The molecule has 0 saturated carbocycles. The molecular formula is C33H47N3O3. The Kier molecular flexibility index (Phi) is 9.30. The molecule has 2 aromatic rings. The fourth-order valence-electron chi connectivity index (χ4n) is 5.71. The maximum Gasteiger partial charge on any atom is 0.221 e. The molecule has 0 unspecified atom stereocenters. The molecule has 0 bridgehead atoms. The molecule has 1 aliphatic heterocycles. The summed E-state index contributed by atoms with van der Waals surface area (Å²) in [7, 11) is 1.82. The van der Waals surface area contributed by atoms with Gasteiger partial charge in [0.05, 0.1) is 6.54 Å². The van der Waals surface area contributed by atoms with Crippen molar-refractivity contribution in [1.82, 2.24) is 4.90 Å². The van der Waals surface area contributed by atoms with E-state index in [0.29, 0.717) is 11.5 Å². The minimum absolute atomic E-state index is 0.0442. The zero-order valence-electron chi connectivity index (χ0n) is 25.3. The molecule has 1 aliphatic rings. The Morgan fingerprint density at radius 3 is 2.05 bits per heavy atom. The smallest absolute Gasteiger partial charge is 0.221 e. The summed E-state index contributed by atoms with van der Waals surface area (Å²) in [5.41, 5.74) is 3.63. The van der Waals surface area contributed by atoms with Crippen molar-refractivity contribution >= 4 is 23.2 Å². The number of carbonyl (C=O) groups excluding carboxylic acids is 2. The van der Waals surface area contributed by atoms with Gasteiger partial charge in [-0.2, -0.15) is 0 Å². The van der Waals surface area contributed by atoms with Crippen LogP contribution in [0.25, 0.3) is 0 Å². The van der Waals surface area contributed by atoms with Crippen molar-refractivity contribution in [2.75, 3.05) is 25.5 Å². The monoisotopic (exact) mass is 533 g/mol. The van der Waals surface area contributed by atoms with E-state index in [4.69, 9.17) is 4.99 Å². The molecule has 3 rings (SSSR count). The van der Waals surface area contributed by atoms with Crippen LogP contribution in [0.15, 0.2) is 41.4 Å². The molecule has 1 saturated heterocycles. The van der Waals surface area contributed by atoms with Gasteiger partial charge in [-0.3, -0.25) is 14.6 Å². The Bertz CT molecular complexity index is 1180. The van der Waals surface area contributed by atoms with Crippen LogP contribution in [0.5, 0.6) is 5.75 Å². The van der Waals surface area contributed by atoms with E-state index < -0.39 is 0 Å². The number of likely N-dealkylation sites (tertiary alicyclic amines) is 1.